The van der Waals surface area contributed by atoms with Crippen LogP contribution in [0.2, 0.25) is 0 Å². The van der Waals surface area contributed by atoms with Gasteiger partial charge in [0.05, 0.1) is 9.79 Å². The van der Waals surface area contributed by atoms with E-state index in [1.54, 1.807) is 4.90 Å². The number of rotatable bonds is 8. The topological polar surface area (TPSA) is 153 Å². The molecule has 0 spiro atoms. The van der Waals surface area contributed by atoms with Crippen molar-refractivity contribution in [3.63, 3.8) is 0 Å². The molecule has 0 fully saturated rings. The molecule has 3 aromatic carbocycles. The highest BCUT2D eigenvalue weighted by Gasteiger charge is 2.30. The zero-order valence-electron chi connectivity index (χ0n) is 20.3. The monoisotopic (exact) mass is 555 g/mol. The van der Waals surface area contributed by atoms with Crippen LogP contribution in [0.25, 0.3) is 6.08 Å². The Hall–Kier alpha value is -4.00. The van der Waals surface area contributed by atoms with Crippen molar-refractivity contribution in [2.75, 3.05) is 16.2 Å². The van der Waals surface area contributed by atoms with Gasteiger partial charge in [-0.2, -0.15) is 0 Å². The summed E-state index contributed by atoms with van der Waals surface area (Å²) in [7, 11) is -7.84. The number of para-hydroxylation sites is 1. The van der Waals surface area contributed by atoms with Gasteiger partial charge >= 0.3 is 5.97 Å². The molecule has 1 amide bonds. The first kappa shape index (κ1) is 27.0. The maximum absolute atomic E-state index is 12.6. The van der Waals surface area contributed by atoms with Crippen LogP contribution in [-0.2, 0) is 40.8 Å². The maximum atomic E-state index is 12.6. The number of amides is 1. The van der Waals surface area contributed by atoms with Crippen LogP contribution in [0.5, 0.6) is 0 Å². The summed E-state index contributed by atoms with van der Waals surface area (Å²) >= 11 is 0. The number of primary sulfonamides is 1. The zero-order valence-corrected chi connectivity index (χ0v) is 21.9. The summed E-state index contributed by atoms with van der Waals surface area (Å²) in [6.07, 6.45) is 3.34. The summed E-state index contributed by atoms with van der Waals surface area (Å²) < 4.78 is 55.4. The van der Waals surface area contributed by atoms with Gasteiger partial charge in [0.2, 0.25) is 10.0 Å². The SMILES string of the molecule is C[C@H]1Cc2ccccc2N1C(=O)COC(=O)/C=C/c1ccc(S(=O)(=O)Nc2ccc(S(N)(=O)=O)cc2)cc1. The Kier molecular flexibility index (Phi) is 7.67. The van der Waals surface area contributed by atoms with E-state index in [4.69, 9.17) is 9.88 Å². The number of carbonyl (C=O) groups excluding carboxylic acids is 2. The van der Waals surface area contributed by atoms with E-state index < -0.39 is 32.6 Å². The number of esters is 1. The predicted molar refractivity (Wildman–Crippen MR) is 142 cm³/mol. The average molecular weight is 556 g/mol. The number of sulfonamides is 2. The van der Waals surface area contributed by atoms with E-state index in [0.29, 0.717) is 5.56 Å². The van der Waals surface area contributed by atoms with Gasteiger partial charge in [0, 0.05) is 23.5 Å². The molecule has 0 saturated carbocycles. The normalized spacial score (nSPS) is 15.3. The van der Waals surface area contributed by atoms with E-state index in [9.17, 15) is 26.4 Å². The quantitative estimate of drug-likeness (QED) is 0.320. The van der Waals surface area contributed by atoms with E-state index in [2.05, 4.69) is 4.72 Å². The predicted octanol–water partition coefficient (Wildman–Crippen LogP) is 2.67. The van der Waals surface area contributed by atoms with Crippen molar-refractivity contribution >= 4 is 49.4 Å². The summed E-state index contributed by atoms with van der Waals surface area (Å²) in [5.74, 6) is -1.02. The van der Waals surface area contributed by atoms with Gasteiger partial charge in [0.15, 0.2) is 6.61 Å². The van der Waals surface area contributed by atoms with Gasteiger partial charge in [0.25, 0.3) is 15.9 Å². The Bertz CT molecular complexity index is 1600. The van der Waals surface area contributed by atoms with Gasteiger partial charge in [-0.05, 0) is 73.0 Å². The Morgan fingerprint density at radius 2 is 1.61 bits per heavy atom. The van der Waals surface area contributed by atoms with Crippen LogP contribution < -0.4 is 14.8 Å². The first-order valence-electron chi connectivity index (χ1n) is 11.4. The lowest BCUT2D eigenvalue weighted by Gasteiger charge is -2.22. The van der Waals surface area contributed by atoms with Crippen molar-refractivity contribution in [1.29, 1.82) is 0 Å². The summed E-state index contributed by atoms with van der Waals surface area (Å²) in [6, 6.07) is 18.2. The molecule has 198 valence electrons. The molecular formula is C26H25N3O7S2. The van der Waals surface area contributed by atoms with Gasteiger partial charge in [0.1, 0.15) is 0 Å². The molecule has 0 bridgehead atoms. The number of anilines is 2. The lowest BCUT2D eigenvalue weighted by molar-refractivity contribution is -0.143. The first-order chi connectivity index (χ1) is 17.9. The molecule has 12 heteroatoms. The number of ether oxygens (including phenoxy) is 1. The van der Waals surface area contributed by atoms with E-state index in [1.807, 2.05) is 31.2 Å². The minimum atomic E-state index is -3.95. The van der Waals surface area contributed by atoms with E-state index >= 15 is 0 Å². The van der Waals surface area contributed by atoms with Crippen LogP contribution in [0, 0.1) is 0 Å². The molecule has 3 aromatic rings. The molecule has 10 nitrogen and oxygen atoms in total. The van der Waals surface area contributed by atoms with Crippen LogP contribution in [0.4, 0.5) is 11.4 Å². The smallest absolute Gasteiger partial charge is 0.331 e. The second kappa shape index (κ2) is 10.8. The fourth-order valence-electron chi connectivity index (χ4n) is 4.05. The summed E-state index contributed by atoms with van der Waals surface area (Å²) in [6.45, 7) is 1.53. The second-order valence-corrected chi connectivity index (χ2v) is 11.9. The third kappa shape index (κ3) is 6.28. The lowest BCUT2D eigenvalue weighted by Crippen LogP contribution is -2.38. The second-order valence-electron chi connectivity index (χ2n) is 8.63. The number of fused-ring (bicyclic) bond motifs is 1. The van der Waals surface area contributed by atoms with Gasteiger partial charge in [-0.15, -0.1) is 0 Å². The molecule has 0 aliphatic carbocycles. The molecule has 0 aromatic heterocycles. The van der Waals surface area contributed by atoms with Crippen LogP contribution >= 0.6 is 0 Å². The van der Waals surface area contributed by atoms with Gasteiger partial charge < -0.3 is 9.64 Å². The number of nitrogens with two attached hydrogens (primary N) is 1. The van der Waals surface area contributed by atoms with Crippen LogP contribution in [0.15, 0.2) is 88.7 Å². The lowest BCUT2D eigenvalue weighted by atomic mass is 10.1. The maximum Gasteiger partial charge on any atom is 0.331 e. The van der Waals surface area contributed by atoms with E-state index in [-0.39, 0.29) is 27.4 Å². The van der Waals surface area contributed by atoms with Gasteiger partial charge in [-0.25, -0.2) is 26.8 Å². The number of benzene rings is 3. The molecule has 38 heavy (non-hydrogen) atoms. The van der Waals surface area contributed by atoms with Crippen molar-refractivity contribution in [3.05, 3.63) is 90.0 Å². The van der Waals surface area contributed by atoms with Crippen LogP contribution in [0.1, 0.15) is 18.1 Å². The molecule has 1 atom stereocenters. The largest absolute Gasteiger partial charge is 0.452 e. The summed E-state index contributed by atoms with van der Waals surface area (Å²) in [5.41, 5.74) is 2.58. The van der Waals surface area contributed by atoms with Gasteiger partial charge in [-0.1, -0.05) is 30.3 Å². The third-order valence-corrected chi connectivity index (χ3v) is 8.18. The molecule has 0 unspecified atom stereocenters. The zero-order chi connectivity index (χ0) is 27.5. The van der Waals surface area contributed by atoms with Crippen LogP contribution in [0.3, 0.4) is 0 Å². The molecule has 4 rings (SSSR count). The van der Waals surface area contributed by atoms with E-state index in [0.717, 1.165) is 23.7 Å². The Morgan fingerprint density at radius 1 is 0.974 bits per heavy atom. The molecule has 0 saturated heterocycles. The molecular weight excluding hydrogens is 530 g/mol. The Morgan fingerprint density at radius 3 is 2.26 bits per heavy atom. The summed E-state index contributed by atoms with van der Waals surface area (Å²) in [5, 5.41) is 5.04. The van der Waals surface area contributed by atoms with Gasteiger partial charge in [-0.3, -0.25) is 9.52 Å². The van der Waals surface area contributed by atoms with Crippen molar-refractivity contribution < 1.29 is 31.2 Å². The Balaban J connectivity index is 1.33. The van der Waals surface area contributed by atoms with Crippen molar-refractivity contribution in [3.8, 4) is 0 Å². The number of hydrogen-bond donors (Lipinski definition) is 2. The minimum Gasteiger partial charge on any atom is -0.452 e. The summed E-state index contributed by atoms with van der Waals surface area (Å²) in [4.78, 5) is 26.2. The van der Waals surface area contributed by atoms with Crippen molar-refractivity contribution in [1.82, 2.24) is 0 Å². The highest BCUT2D eigenvalue weighted by Crippen LogP contribution is 2.31. The molecule has 1 aliphatic rings. The molecule has 0 radical (unpaired) electrons. The Labute approximate surface area is 220 Å². The minimum absolute atomic E-state index is 0.0279. The average Bonchev–Trinajstić information content (AvgIpc) is 3.21. The number of hydrogen-bond acceptors (Lipinski definition) is 7. The number of nitrogens with one attached hydrogen (secondary N) is 1. The molecule has 1 aliphatic heterocycles. The highest BCUT2D eigenvalue weighted by molar-refractivity contribution is 7.92. The van der Waals surface area contributed by atoms with Crippen LogP contribution in [-0.4, -0.2) is 41.4 Å². The van der Waals surface area contributed by atoms with E-state index in [1.165, 1.54) is 54.6 Å². The highest BCUT2D eigenvalue weighted by atomic mass is 32.2. The number of nitrogens with zero attached hydrogens (tertiary/aromatic N) is 1. The number of carbonyl (C=O) groups is 2. The van der Waals surface area contributed by atoms with Crippen molar-refractivity contribution in [2.45, 2.75) is 29.2 Å². The first-order valence-corrected chi connectivity index (χ1v) is 14.5. The molecule has 3 N–H and O–H groups in total. The fourth-order valence-corrected chi connectivity index (χ4v) is 5.62. The standard InChI is InChI=1S/C26H25N3O7S2/c1-18-16-20-4-2-3-5-24(20)29(18)25(30)17-36-26(31)15-8-19-6-11-23(12-7-19)38(34,35)28-21-9-13-22(14-10-21)37(27,32)33/h2-15,18,28H,16-17H2,1H3,(H2,27,32,33)/b15-8+/t18-/m0/s1. The fraction of sp³-hybridized carbons (Fsp3) is 0.154. The molecule has 1 heterocycles. The van der Waals surface area contributed by atoms with Crippen molar-refractivity contribution in [2.24, 2.45) is 5.14 Å². The third-order valence-electron chi connectivity index (χ3n) is 5.85.